The minimum Gasteiger partial charge on any atom is -0.436 e. The van der Waals surface area contributed by atoms with Crippen molar-refractivity contribution in [1.29, 1.82) is 0 Å². The third kappa shape index (κ3) is 2.61. The Bertz CT molecular complexity index is 1100. The van der Waals surface area contributed by atoms with Gasteiger partial charge >= 0.3 is 0 Å². The Labute approximate surface area is 142 Å². The molecular formula is C17H13N5OS. The molecule has 0 aliphatic carbocycles. The standard InChI is InChI=1S/C17H13N5OS/c18-17(24)22-21-16-11(9-10-5-1-4-8-14(10)23-16)15-19-12-6-2-3-7-13(12)20-15/h1-9H,(H,19,20)(H3,18,22,24)/b21-16-. The molecule has 0 aliphatic heterocycles. The second-order valence-electron chi connectivity index (χ2n) is 5.19. The minimum atomic E-state index is 0.0638. The molecule has 0 bridgehead atoms. The molecule has 0 saturated carbocycles. The molecule has 0 radical (unpaired) electrons. The predicted octanol–water partition coefficient (Wildman–Crippen LogP) is 2.62. The molecule has 0 fully saturated rings. The molecule has 4 N–H and O–H groups in total. The molecule has 0 aliphatic rings. The highest BCUT2D eigenvalue weighted by molar-refractivity contribution is 7.80. The Morgan fingerprint density at radius 3 is 2.79 bits per heavy atom. The smallest absolute Gasteiger partial charge is 0.247 e. The SMILES string of the molecule is NC(=S)N/N=c1\oc2ccccc2cc1-c1nc2ccccc2[nH]1. The summed E-state index contributed by atoms with van der Waals surface area (Å²) in [7, 11) is 0. The van der Waals surface area contributed by atoms with Crippen molar-refractivity contribution in [2.75, 3.05) is 0 Å². The number of rotatable bonds is 2. The predicted molar refractivity (Wildman–Crippen MR) is 96.8 cm³/mol. The lowest BCUT2D eigenvalue weighted by atomic mass is 10.2. The molecule has 24 heavy (non-hydrogen) atoms. The van der Waals surface area contributed by atoms with Crippen molar-refractivity contribution in [1.82, 2.24) is 15.4 Å². The quantitative estimate of drug-likeness (QED) is 0.387. The largest absolute Gasteiger partial charge is 0.436 e. The molecule has 4 rings (SSSR count). The van der Waals surface area contributed by atoms with Crippen molar-refractivity contribution >= 4 is 39.3 Å². The Morgan fingerprint density at radius 1 is 1.17 bits per heavy atom. The molecule has 7 heteroatoms. The summed E-state index contributed by atoms with van der Waals surface area (Å²) in [5.41, 5.74) is 11.6. The highest BCUT2D eigenvalue weighted by Gasteiger charge is 2.11. The molecule has 2 aromatic carbocycles. The monoisotopic (exact) mass is 335 g/mol. The van der Waals surface area contributed by atoms with Crippen LogP contribution in [-0.2, 0) is 0 Å². The second kappa shape index (κ2) is 5.78. The van der Waals surface area contributed by atoms with Crippen LogP contribution < -0.4 is 16.7 Å². The van der Waals surface area contributed by atoms with Crippen molar-refractivity contribution < 1.29 is 4.42 Å². The van der Waals surface area contributed by atoms with Crippen LogP contribution in [0.25, 0.3) is 33.4 Å². The second-order valence-corrected chi connectivity index (χ2v) is 5.63. The van der Waals surface area contributed by atoms with Gasteiger partial charge in [-0.1, -0.05) is 30.3 Å². The summed E-state index contributed by atoms with van der Waals surface area (Å²) in [6.45, 7) is 0. The Kier molecular flexibility index (Phi) is 3.47. The minimum absolute atomic E-state index is 0.0638. The van der Waals surface area contributed by atoms with Gasteiger partial charge in [0, 0.05) is 5.39 Å². The van der Waals surface area contributed by atoms with Gasteiger partial charge in [0.1, 0.15) is 11.4 Å². The zero-order valence-corrected chi connectivity index (χ0v) is 13.3. The molecule has 2 aromatic heterocycles. The van der Waals surface area contributed by atoms with E-state index in [1.165, 1.54) is 0 Å². The van der Waals surface area contributed by atoms with E-state index in [-0.39, 0.29) is 5.11 Å². The van der Waals surface area contributed by atoms with Crippen molar-refractivity contribution in [3.05, 3.63) is 60.2 Å². The topological polar surface area (TPSA) is 92.2 Å². The fourth-order valence-corrected chi connectivity index (χ4v) is 2.55. The molecule has 0 spiro atoms. The van der Waals surface area contributed by atoms with Crippen molar-refractivity contribution in [3.8, 4) is 11.4 Å². The molecule has 4 aromatic rings. The highest BCUT2D eigenvalue weighted by atomic mass is 32.1. The number of fused-ring (bicyclic) bond motifs is 2. The molecule has 118 valence electrons. The van der Waals surface area contributed by atoms with Gasteiger partial charge in [0.25, 0.3) is 0 Å². The number of hydrogen-bond acceptors (Lipinski definition) is 4. The van der Waals surface area contributed by atoms with Gasteiger partial charge in [0.15, 0.2) is 5.11 Å². The summed E-state index contributed by atoms with van der Waals surface area (Å²) < 4.78 is 5.89. The van der Waals surface area contributed by atoms with E-state index in [1.807, 2.05) is 54.6 Å². The highest BCUT2D eigenvalue weighted by Crippen LogP contribution is 2.21. The van der Waals surface area contributed by atoms with E-state index in [2.05, 4.69) is 20.5 Å². The van der Waals surface area contributed by atoms with E-state index in [9.17, 15) is 0 Å². The van der Waals surface area contributed by atoms with Crippen LogP contribution in [0, 0.1) is 0 Å². The van der Waals surface area contributed by atoms with E-state index >= 15 is 0 Å². The Morgan fingerprint density at radius 2 is 1.96 bits per heavy atom. The van der Waals surface area contributed by atoms with Crippen LogP contribution in [0.2, 0.25) is 0 Å². The number of hydrogen-bond donors (Lipinski definition) is 3. The van der Waals surface area contributed by atoms with E-state index in [1.54, 1.807) is 0 Å². The number of thiocarbonyl (C=S) groups is 1. The summed E-state index contributed by atoms with van der Waals surface area (Å²) in [5, 5.41) is 5.17. The van der Waals surface area contributed by atoms with Gasteiger partial charge in [0.2, 0.25) is 5.55 Å². The fourth-order valence-electron chi connectivity index (χ4n) is 2.51. The van der Waals surface area contributed by atoms with Crippen LogP contribution in [-0.4, -0.2) is 15.1 Å². The van der Waals surface area contributed by atoms with Crippen molar-refractivity contribution in [2.45, 2.75) is 0 Å². The summed E-state index contributed by atoms with van der Waals surface area (Å²) in [6, 6.07) is 17.5. The van der Waals surface area contributed by atoms with Crippen LogP contribution in [0.4, 0.5) is 0 Å². The van der Waals surface area contributed by atoms with Crippen LogP contribution in [0.1, 0.15) is 0 Å². The maximum atomic E-state index is 5.89. The van der Waals surface area contributed by atoms with E-state index in [0.717, 1.165) is 16.4 Å². The number of nitrogens with zero attached hydrogens (tertiary/aromatic N) is 2. The van der Waals surface area contributed by atoms with Crippen molar-refractivity contribution in [3.63, 3.8) is 0 Å². The van der Waals surface area contributed by atoms with Crippen molar-refractivity contribution in [2.24, 2.45) is 10.8 Å². The molecule has 0 saturated heterocycles. The normalized spacial score (nSPS) is 11.9. The number of H-pyrrole nitrogens is 1. The summed E-state index contributed by atoms with van der Waals surface area (Å²) in [6.07, 6.45) is 0. The number of para-hydroxylation sites is 3. The molecule has 0 amide bonds. The van der Waals surface area contributed by atoms with E-state index in [0.29, 0.717) is 22.5 Å². The first-order chi connectivity index (χ1) is 11.7. The lowest BCUT2D eigenvalue weighted by Crippen LogP contribution is -2.27. The fraction of sp³-hybridized carbons (Fsp3) is 0. The first kappa shape index (κ1) is 14.4. The van der Waals surface area contributed by atoms with E-state index < -0.39 is 0 Å². The van der Waals surface area contributed by atoms with E-state index in [4.69, 9.17) is 22.4 Å². The number of aromatic amines is 1. The van der Waals surface area contributed by atoms with Gasteiger partial charge < -0.3 is 15.1 Å². The van der Waals surface area contributed by atoms with Crippen LogP contribution in [0.15, 0.2) is 64.1 Å². The van der Waals surface area contributed by atoms with Crippen LogP contribution >= 0.6 is 12.2 Å². The zero-order chi connectivity index (χ0) is 16.5. The zero-order valence-electron chi connectivity index (χ0n) is 12.5. The summed E-state index contributed by atoms with van der Waals surface area (Å²) >= 11 is 4.81. The molecule has 0 atom stereocenters. The third-order valence-corrected chi connectivity index (χ3v) is 3.66. The lowest BCUT2D eigenvalue weighted by Gasteiger charge is -2.02. The average Bonchev–Trinajstić information content (AvgIpc) is 3.03. The first-order valence-corrected chi connectivity index (χ1v) is 7.69. The lowest BCUT2D eigenvalue weighted by molar-refractivity contribution is 0.533. The third-order valence-electron chi connectivity index (χ3n) is 3.57. The van der Waals surface area contributed by atoms with Gasteiger partial charge in [-0.25, -0.2) is 4.98 Å². The maximum absolute atomic E-state index is 5.89. The number of nitrogens with one attached hydrogen (secondary N) is 2. The molecule has 0 unspecified atom stereocenters. The van der Waals surface area contributed by atoms with Gasteiger partial charge in [-0.05, 0) is 36.5 Å². The van der Waals surface area contributed by atoms with Gasteiger partial charge in [-0.2, -0.15) is 0 Å². The van der Waals surface area contributed by atoms with Crippen LogP contribution in [0.5, 0.6) is 0 Å². The molecular weight excluding hydrogens is 322 g/mol. The number of benzene rings is 2. The Balaban J connectivity index is 1.99. The molecule has 2 heterocycles. The number of aromatic nitrogens is 2. The number of imidazole rings is 1. The van der Waals surface area contributed by atoms with Gasteiger partial charge in [0.05, 0.1) is 16.6 Å². The first-order valence-electron chi connectivity index (χ1n) is 7.28. The van der Waals surface area contributed by atoms with Gasteiger partial charge in [-0.15, -0.1) is 5.10 Å². The van der Waals surface area contributed by atoms with Crippen LogP contribution in [0.3, 0.4) is 0 Å². The van der Waals surface area contributed by atoms with Gasteiger partial charge in [-0.3, -0.25) is 5.43 Å². The number of nitrogens with two attached hydrogens (primary N) is 1. The summed E-state index contributed by atoms with van der Waals surface area (Å²) in [5.74, 6) is 0.661. The maximum Gasteiger partial charge on any atom is 0.247 e. The average molecular weight is 335 g/mol. The Hall–Kier alpha value is -3.19. The summed E-state index contributed by atoms with van der Waals surface area (Å²) in [4.78, 5) is 7.89. The molecule has 6 nitrogen and oxygen atoms in total.